The van der Waals surface area contributed by atoms with E-state index >= 15 is 0 Å². The van der Waals surface area contributed by atoms with Crippen LogP contribution in [-0.4, -0.2) is 4.98 Å². The van der Waals surface area contributed by atoms with Gasteiger partial charge in [0.15, 0.2) is 0 Å². The molecule has 0 unspecified atom stereocenters. The number of alkyl halides is 1. The molecule has 1 aromatic carbocycles. The first kappa shape index (κ1) is 10.3. The van der Waals surface area contributed by atoms with Crippen molar-refractivity contribution in [1.82, 2.24) is 4.98 Å². The van der Waals surface area contributed by atoms with Crippen LogP contribution in [0.4, 0.5) is 0 Å². The molecule has 2 rings (SSSR count). The number of hydrogen-bond donors (Lipinski definition) is 0. The number of thiazole rings is 1. The Morgan fingerprint density at radius 2 is 1.93 bits per heavy atom. The largest absolute Gasteiger partial charge is 0.239 e. The van der Waals surface area contributed by atoms with E-state index in [4.69, 9.17) is 0 Å². The molecule has 4 heteroatoms. The highest BCUT2D eigenvalue weighted by Gasteiger charge is 2.09. The van der Waals surface area contributed by atoms with E-state index in [9.17, 15) is 0 Å². The number of hydrogen-bond acceptors (Lipinski definition) is 2. The predicted molar refractivity (Wildman–Crippen MR) is 67.9 cm³/mol. The van der Waals surface area contributed by atoms with Crippen LogP contribution in [0.1, 0.15) is 5.01 Å². The predicted octanol–water partition coefficient (Wildman–Crippen LogP) is 4.47. The molecule has 0 amide bonds. The molecule has 1 aromatic heterocycles. The molecular formula is C10H7Br2NS. The molecule has 0 aliphatic carbocycles. The maximum atomic E-state index is 4.52. The Hall–Kier alpha value is -0.190. The first-order valence-electron chi connectivity index (χ1n) is 4.08. The van der Waals surface area contributed by atoms with Gasteiger partial charge in [-0.25, -0.2) is 4.98 Å². The molecule has 1 heterocycles. The van der Waals surface area contributed by atoms with E-state index in [1.165, 1.54) is 0 Å². The average Bonchev–Trinajstić information content (AvgIpc) is 2.61. The number of halogens is 2. The molecular weight excluding hydrogens is 326 g/mol. The lowest BCUT2D eigenvalue weighted by atomic mass is 10.2. The van der Waals surface area contributed by atoms with Crippen molar-refractivity contribution in [3.8, 4) is 11.3 Å². The van der Waals surface area contributed by atoms with Crippen molar-refractivity contribution in [3.63, 3.8) is 0 Å². The van der Waals surface area contributed by atoms with Gasteiger partial charge in [0.2, 0.25) is 0 Å². The van der Waals surface area contributed by atoms with E-state index in [2.05, 4.69) is 49.0 Å². The fourth-order valence-electron chi connectivity index (χ4n) is 1.17. The lowest BCUT2D eigenvalue weighted by Crippen LogP contribution is -1.79. The maximum Gasteiger partial charge on any atom is 0.105 e. The number of rotatable bonds is 2. The normalized spacial score (nSPS) is 10.4. The molecule has 2 aromatic rings. The molecule has 0 N–H and O–H groups in total. The minimum atomic E-state index is 0.809. The third kappa shape index (κ3) is 2.07. The van der Waals surface area contributed by atoms with Crippen molar-refractivity contribution in [1.29, 1.82) is 0 Å². The molecule has 1 nitrogen and oxygen atoms in total. The molecule has 0 bridgehead atoms. The van der Waals surface area contributed by atoms with E-state index in [1.54, 1.807) is 11.3 Å². The van der Waals surface area contributed by atoms with Crippen LogP contribution in [0.5, 0.6) is 0 Å². The van der Waals surface area contributed by atoms with Crippen LogP contribution >= 0.6 is 43.2 Å². The molecule has 72 valence electrons. The Morgan fingerprint density at radius 1 is 1.21 bits per heavy atom. The molecule has 0 fully saturated rings. The maximum absolute atomic E-state index is 4.52. The Bertz CT molecular complexity index is 425. The minimum absolute atomic E-state index is 0.809. The van der Waals surface area contributed by atoms with E-state index in [-0.39, 0.29) is 0 Å². The van der Waals surface area contributed by atoms with Gasteiger partial charge in [0.05, 0.1) is 14.8 Å². The van der Waals surface area contributed by atoms with Gasteiger partial charge in [0.25, 0.3) is 0 Å². The molecule has 0 radical (unpaired) electrons. The van der Waals surface area contributed by atoms with Gasteiger partial charge in [-0.1, -0.05) is 46.3 Å². The highest BCUT2D eigenvalue weighted by molar-refractivity contribution is 9.11. The Balaban J connectivity index is 2.46. The molecule has 0 saturated carbocycles. The summed E-state index contributed by atoms with van der Waals surface area (Å²) in [4.78, 5) is 4.52. The zero-order valence-corrected chi connectivity index (χ0v) is 11.2. The van der Waals surface area contributed by atoms with Gasteiger partial charge in [-0.15, -0.1) is 11.3 Å². The quantitative estimate of drug-likeness (QED) is 0.739. The summed E-state index contributed by atoms with van der Waals surface area (Å²) >= 11 is 8.60. The van der Waals surface area contributed by atoms with Crippen LogP contribution in [0.3, 0.4) is 0 Å². The van der Waals surface area contributed by atoms with Crippen LogP contribution in [0.15, 0.2) is 34.1 Å². The highest BCUT2D eigenvalue weighted by Crippen LogP contribution is 2.33. The summed E-state index contributed by atoms with van der Waals surface area (Å²) in [6.07, 6.45) is 0. The van der Waals surface area contributed by atoms with Crippen LogP contribution < -0.4 is 0 Å². The first-order chi connectivity index (χ1) is 6.81. The SMILES string of the molecule is BrCc1nc(-c2ccccc2)c(Br)s1. The Morgan fingerprint density at radius 3 is 2.50 bits per heavy atom. The van der Waals surface area contributed by atoms with Gasteiger partial charge in [0, 0.05) is 5.56 Å². The van der Waals surface area contributed by atoms with Crippen molar-refractivity contribution >= 4 is 43.2 Å². The Kier molecular flexibility index (Phi) is 3.36. The molecule has 0 atom stereocenters. The van der Waals surface area contributed by atoms with Gasteiger partial charge in [-0.05, 0) is 15.9 Å². The second-order valence-electron chi connectivity index (χ2n) is 2.73. The second kappa shape index (κ2) is 4.55. The summed E-state index contributed by atoms with van der Waals surface area (Å²) in [5, 5.41) is 1.90. The molecule has 0 aliphatic heterocycles. The number of benzene rings is 1. The van der Waals surface area contributed by atoms with Gasteiger partial charge in [0.1, 0.15) is 5.01 Å². The van der Waals surface area contributed by atoms with Crippen LogP contribution in [-0.2, 0) is 5.33 Å². The third-order valence-electron chi connectivity index (χ3n) is 1.79. The fourth-order valence-corrected chi connectivity index (χ4v) is 3.18. The van der Waals surface area contributed by atoms with Crippen LogP contribution in [0.25, 0.3) is 11.3 Å². The van der Waals surface area contributed by atoms with E-state index < -0.39 is 0 Å². The summed E-state index contributed by atoms with van der Waals surface area (Å²) in [7, 11) is 0. The summed E-state index contributed by atoms with van der Waals surface area (Å²) < 4.78 is 1.10. The zero-order chi connectivity index (χ0) is 9.97. The van der Waals surface area contributed by atoms with Gasteiger partial charge in [-0.3, -0.25) is 0 Å². The minimum Gasteiger partial charge on any atom is -0.239 e. The Labute approximate surface area is 103 Å². The van der Waals surface area contributed by atoms with Crippen LogP contribution in [0, 0.1) is 0 Å². The van der Waals surface area contributed by atoms with Gasteiger partial charge in [-0.2, -0.15) is 0 Å². The molecule has 0 spiro atoms. The van der Waals surface area contributed by atoms with Gasteiger partial charge < -0.3 is 0 Å². The summed E-state index contributed by atoms with van der Waals surface area (Å²) in [6.45, 7) is 0. The van der Waals surface area contributed by atoms with Crippen molar-refractivity contribution in [2.75, 3.05) is 0 Å². The van der Waals surface area contributed by atoms with E-state index in [1.807, 2.05) is 18.2 Å². The zero-order valence-electron chi connectivity index (χ0n) is 7.21. The summed E-state index contributed by atoms with van der Waals surface area (Å²) in [5.74, 6) is 0. The topological polar surface area (TPSA) is 12.9 Å². The third-order valence-corrected chi connectivity index (χ3v) is 4.40. The smallest absolute Gasteiger partial charge is 0.105 e. The first-order valence-corrected chi connectivity index (χ1v) is 6.81. The lowest BCUT2D eigenvalue weighted by molar-refractivity contribution is 1.28. The molecule has 14 heavy (non-hydrogen) atoms. The lowest BCUT2D eigenvalue weighted by Gasteiger charge is -1.95. The van der Waals surface area contributed by atoms with E-state index in [0.717, 1.165) is 25.4 Å². The van der Waals surface area contributed by atoms with Crippen LogP contribution in [0.2, 0.25) is 0 Å². The monoisotopic (exact) mass is 331 g/mol. The highest BCUT2D eigenvalue weighted by atomic mass is 79.9. The second-order valence-corrected chi connectivity index (χ2v) is 5.69. The van der Waals surface area contributed by atoms with Gasteiger partial charge >= 0.3 is 0 Å². The molecule has 0 aliphatic rings. The summed E-state index contributed by atoms with van der Waals surface area (Å²) in [5.41, 5.74) is 2.19. The molecule has 0 saturated heterocycles. The van der Waals surface area contributed by atoms with Crippen molar-refractivity contribution in [3.05, 3.63) is 39.1 Å². The van der Waals surface area contributed by atoms with E-state index in [0.29, 0.717) is 0 Å². The number of nitrogens with zero attached hydrogens (tertiary/aromatic N) is 1. The van der Waals surface area contributed by atoms with Crippen molar-refractivity contribution < 1.29 is 0 Å². The number of aromatic nitrogens is 1. The summed E-state index contributed by atoms with van der Waals surface area (Å²) in [6, 6.07) is 10.2. The average molecular weight is 333 g/mol. The van der Waals surface area contributed by atoms with Crippen molar-refractivity contribution in [2.24, 2.45) is 0 Å². The van der Waals surface area contributed by atoms with Crippen molar-refractivity contribution in [2.45, 2.75) is 5.33 Å². The fraction of sp³-hybridized carbons (Fsp3) is 0.100. The standard InChI is InChI=1S/C10H7Br2NS/c11-6-8-13-9(10(12)14-8)7-4-2-1-3-5-7/h1-5H,6H2.